The van der Waals surface area contributed by atoms with Gasteiger partial charge in [-0.2, -0.15) is 5.10 Å². The smallest absolute Gasteiger partial charge is 0.278 e. The molecule has 0 aliphatic carbocycles. The molecule has 4 rings (SSSR count). The molecule has 1 amide bonds. The maximum atomic E-state index is 13.9. The second kappa shape index (κ2) is 8.97. The number of hydrogen-bond acceptors (Lipinski definition) is 5. The highest BCUT2D eigenvalue weighted by molar-refractivity contribution is 6.31. The lowest BCUT2D eigenvalue weighted by Crippen LogP contribution is -2.15. The SMILES string of the molecule is Cc1ccccc1OCn1ccc(C(=O)Nc2ncn(Cc3c(F)cccc3Cl)n2)n1. The van der Waals surface area contributed by atoms with Crippen LogP contribution in [0.15, 0.2) is 61.1 Å². The number of amides is 1. The van der Waals surface area contributed by atoms with Gasteiger partial charge in [-0.15, -0.1) is 5.10 Å². The zero-order chi connectivity index (χ0) is 21.8. The Balaban J connectivity index is 1.36. The summed E-state index contributed by atoms with van der Waals surface area (Å²) in [6.07, 6.45) is 3.02. The molecule has 0 fully saturated rings. The van der Waals surface area contributed by atoms with Crippen molar-refractivity contribution in [2.45, 2.75) is 20.2 Å². The van der Waals surface area contributed by atoms with Crippen molar-refractivity contribution >= 4 is 23.5 Å². The van der Waals surface area contributed by atoms with E-state index in [2.05, 4.69) is 20.5 Å². The first-order valence-corrected chi connectivity index (χ1v) is 9.73. The number of nitrogens with zero attached hydrogens (tertiary/aromatic N) is 5. The molecule has 158 valence electrons. The van der Waals surface area contributed by atoms with Crippen molar-refractivity contribution in [3.63, 3.8) is 0 Å². The molecule has 4 aromatic rings. The average Bonchev–Trinajstić information content (AvgIpc) is 3.40. The summed E-state index contributed by atoms with van der Waals surface area (Å²) in [5.74, 6) is -0.0970. The van der Waals surface area contributed by atoms with Crippen molar-refractivity contribution in [2.75, 3.05) is 5.32 Å². The van der Waals surface area contributed by atoms with Crippen molar-refractivity contribution in [3.8, 4) is 5.75 Å². The summed E-state index contributed by atoms with van der Waals surface area (Å²) in [6, 6.07) is 13.6. The summed E-state index contributed by atoms with van der Waals surface area (Å²) in [4.78, 5) is 16.5. The summed E-state index contributed by atoms with van der Waals surface area (Å²) in [5, 5.41) is 11.2. The summed E-state index contributed by atoms with van der Waals surface area (Å²) in [7, 11) is 0. The maximum Gasteiger partial charge on any atom is 0.278 e. The van der Waals surface area contributed by atoms with Gasteiger partial charge in [0.25, 0.3) is 5.91 Å². The van der Waals surface area contributed by atoms with Crippen LogP contribution in [0.3, 0.4) is 0 Å². The third kappa shape index (κ3) is 4.89. The van der Waals surface area contributed by atoms with Crippen LogP contribution in [0.5, 0.6) is 5.75 Å². The average molecular weight is 441 g/mol. The number of anilines is 1. The number of ether oxygens (including phenoxy) is 1. The van der Waals surface area contributed by atoms with Gasteiger partial charge in [0.15, 0.2) is 12.4 Å². The number of halogens is 2. The van der Waals surface area contributed by atoms with E-state index in [9.17, 15) is 9.18 Å². The van der Waals surface area contributed by atoms with Crippen LogP contribution in [0.25, 0.3) is 0 Å². The third-order valence-electron chi connectivity index (χ3n) is 4.46. The van der Waals surface area contributed by atoms with E-state index in [1.807, 2.05) is 31.2 Å². The van der Waals surface area contributed by atoms with E-state index >= 15 is 0 Å². The van der Waals surface area contributed by atoms with Crippen molar-refractivity contribution in [3.05, 3.63) is 88.7 Å². The lowest BCUT2D eigenvalue weighted by atomic mass is 10.2. The molecule has 2 aromatic carbocycles. The quantitative estimate of drug-likeness (QED) is 0.470. The van der Waals surface area contributed by atoms with E-state index in [1.165, 1.54) is 27.8 Å². The zero-order valence-electron chi connectivity index (χ0n) is 16.5. The molecule has 0 saturated heterocycles. The van der Waals surface area contributed by atoms with Gasteiger partial charge < -0.3 is 4.74 Å². The van der Waals surface area contributed by atoms with Gasteiger partial charge in [0.1, 0.15) is 17.9 Å². The van der Waals surface area contributed by atoms with Crippen LogP contribution < -0.4 is 10.1 Å². The highest BCUT2D eigenvalue weighted by Crippen LogP contribution is 2.20. The van der Waals surface area contributed by atoms with Crippen molar-refractivity contribution in [1.82, 2.24) is 24.5 Å². The largest absolute Gasteiger partial charge is 0.471 e. The fraction of sp³-hybridized carbons (Fsp3) is 0.143. The van der Waals surface area contributed by atoms with Crippen LogP contribution in [0.2, 0.25) is 5.02 Å². The third-order valence-corrected chi connectivity index (χ3v) is 4.82. The standard InChI is InChI=1S/C21H18ClFN6O2/c1-14-5-2-3-8-19(14)31-13-28-10-9-18(26-28)20(30)25-21-24-12-29(27-21)11-15-16(22)6-4-7-17(15)23/h2-10,12H,11,13H2,1H3,(H,25,27,30). The molecule has 0 saturated carbocycles. The van der Waals surface area contributed by atoms with Crippen LogP contribution in [-0.4, -0.2) is 30.5 Å². The van der Waals surface area contributed by atoms with Gasteiger partial charge in [-0.1, -0.05) is 35.9 Å². The molecule has 2 heterocycles. The number of benzene rings is 2. The topological polar surface area (TPSA) is 86.9 Å². The number of aromatic nitrogens is 5. The van der Waals surface area contributed by atoms with Gasteiger partial charge in [-0.05, 0) is 36.8 Å². The monoisotopic (exact) mass is 440 g/mol. The van der Waals surface area contributed by atoms with Gasteiger partial charge in [0.05, 0.1) is 6.54 Å². The van der Waals surface area contributed by atoms with E-state index < -0.39 is 11.7 Å². The molecule has 0 aliphatic heterocycles. The first kappa shape index (κ1) is 20.5. The summed E-state index contributed by atoms with van der Waals surface area (Å²) in [5.41, 5.74) is 1.48. The normalized spacial score (nSPS) is 10.8. The number of nitrogens with one attached hydrogen (secondary N) is 1. The first-order chi connectivity index (χ1) is 15.0. The summed E-state index contributed by atoms with van der Waals surface area (Å²) < 4.78 is 22.5. The van der Waals surface area contributed by atoms with Gasteiger partial charge in [0.2, 0.25) is 5.95 Å². The Morgan fingerprint density at radius 3 is 2.77 bits per heavy atom. The predicted octanol–water partition coefficient (Wildman–Crippen LogP) is 3.91. The molecule has 0 spiro atoms. The molecule has 31 heavy (non-hydrogen) atoms. The van der Waals surface area contributed by atoms with Crippen LogP contribution in [-0.2, 0) is 13.3 Å². The van der Waals surface area contributed by atoms with E-state index in [4.69, 9.17) is 16.3 Å². The molecule has 0 unspecified atom stereocenters. The Morgan fingerprint density at radius 1 is 1.13 bits per heavy atom. The molecular weight excluding hydrogens is 423 g/mol. The Kier molecular flexibility index (Phi) is 5.94. The number of para-hydroxylation sites is 1. The fourth-order valence-electron chi connectivity index (χ4n) is 2.85. The fourth-order valence-corrected chi connectivity index (χ4v) is 3.07. The van der Waals surface area contributed by atoms with Gasteiger partial charge >= 0.3 is 0 Å². The second-order valence-electron chi connectivity index (χ2n) is 6.70. The van der Waals surface area contributed by atoms with Crippen LogP contribution in [0.1, 0.15) is 21.6 Å². The molecule has 10 heteroatoms. The van der Waals surface area contributed by atoms with Gasteiger partial charge in [0, 0.05) is 16.8 Å². The number of carbonyl (C=O) groups excluding carboxylic acids is 1. The number of aryl methyl sites for hydroxylation is 1. The lowest BCUT2D eigenvalue weighted by Gasteiger charge is -2.08. The van der Waals surface area contributed by atoms with Gasteiger partial charge in [-0.3, -0.25) is 10.1 Å². The lowest BCUT2D eigenvalue weighted by molar-refractivity contribution is 0.101. The van der Waals surface area contributed by atoms with E-state index in [-0.39, 0.29) is 24.9 Å². The van der Waals surface area contributed by atoms with E-state index in [0.29, 0.717) is 10.6 Å². The molecule has 0 radical (unpaired) electrons. The molecule has 0 atom stereocenters. The summed E-state index contributed by atoms with van der Waals surface area (Å²) >= 11 is 6.03. The maximum absolute atomic E-state index is 13.9. The van der Waals surface area contributed by atoms with Crippen molar-refractivity contribution in [1.29, 1.82) is 0 Å². The van der Waals surface area contributed by atoms with Crippen LogP contribution >= 0.6 is 11.6 Å². The summed E-state index contributed by atoms with van der Waals surface area (Å²) in [6.45, 7) is 2.19. The number of carbonyl (C=O) groups is 1. The minimum atomic E-state index is -0.476. The molecule has 1 N–H and O–H groups in total. The Morgan fingerprint density at radius 2 is 1.97 bits per heavy atom. The Hall–Kier alpha value is -3.72. The number of rotatable bonds is 7. The van der Waals surface area contributed by atoms with Crippen molar-refractivity contribution in [2.24, 2.45) is 0 Å². The van der Waals surface area contributed by atoms with Crippen LogP contribution in [0.4, 0.5) is 10.3 Å². The minimum absolute atomic E-state index is 0.0724. The molecule has 2 aromatic heterocycles. The van der Waals surface area contributed by atoms with E-state index in [0.717, 1.165) is 11.3 Å². The molecule has 0 aliphatic rings. The van der Waals surface area contributed by atoms with Gasteiger partial charge in [-0.25, -0.2) is 18.7 Å². The van der Waals surface area contributed by atoms with Crippen LogP contribution in [0, 0.1) is 12.7 Å². The zero-order valence-corrected chi connectivity index (χ0v) is 17.3. The molecule has 8 nitrogen and oxygen atoms in total. The minimum Gasteiger partial charge on any atom is -0.471 e. The number of hydrogen-bond donors (Lipinski definition) is 1. The highest BCUT2D eigenvalue weighted by atomic mass is 35.5. The predicted molar refractivity (Wildman–Crippen MR) is 113 cm³/mol. The van der Waals surface area contributed by atoms with E-state index in [1.54, 1.807) is 18.3 Å². The Bertz CT molecular complexity index is 1200. The van der Waals surface area contributed by atoms with Crippen molar-refractivity contribution < 1.29 is 13.9 Å². The Labute approximate surface area is 182 Å². The molecular formula is C21H18ClFN6O2. The highest BCUT2D eigenvalue weighted by Gasteiger charge is 2.14. The molecule has 0 bridgehead atoms. The first-order valence-electron chi connectivity index (χ1n) is 9.35. The second-order valence-corrected chi connectivity index (χ2v) is 7.11.